The lowest BCUT2D eigenvalue weighted by Crippen LogP contribution is -2.16. The molecule has 0 fully saturated rings. The van der Waals surface area contributed by atoms with Crippen molar-refractivity contribution >= 4 is 5.69 Å². The van der Waals surface area contributed by atoms with Gasteiger partial charge in [-0.3, -0.25) is 0 Å². The summed E-state index contributed by atoms with van der Waals surface area (Å²) in [6.07, 6.45) is 3.37. The summed E-state index contributed by atoms with van der Waals surface area (Å²) in [5.74, 6) is 0. The van der Waals surface area contributed by atoms with Crippen molar-refractivity contribution in [1.82, 2.24) is 0 Å². The highest BCUT2D eigenvalue weighted by atomic mass is 14.9. The first-order chi connectivity index (χ1) is 9.28. The van der Waals surface area contributed by atoms with Crippen LogP contribution in [0.1, 0.15) is 31.4 Å². The number of hydrogen-bond donors (Lipinski definition) is 1. The third kappa shape index (κ3) is 4.44. The van der Waals surface area contributed by atoms with E-state index < -0.39 is 0 Å². The summed E-state index contributed by atoms with van der Waals surface area (Å²) in [6, 6.07) is 19.9. The van der Waals surface area contributed by atoms with Gasteiger partial charge in [-0.2, -0.15) is 0 Å². The molecule has 0 amide bonds. The topological polar surface area (TPSA) is 12.0 Å². The van der Waals surface area contributed by atoms with Crippen molar-refractivity contribution in [2.45, 2.75) is 39.2 Å². The molecule has 2 aromatic rings. The molecule has 0 saturated heterocycles. The minimum atomic E-state index is 0.493. The molecule has 100 valence electrons. The average molecular weight is 253 g/mol. The first-order valence-corrected chi connectivity index (χ1v) is 7.17. The fraction of sp³-hybridized carbons (Fsp3) is 0.333. The van der Waals surface area contributed by atoms with Crippen LogP contribution in [0.5, 0.6) is 0 Å². The minimum absolute atomic E-state index is 0.493. The Morgan fingerprint density at radius 2 is 1.68 bits per heavy atom. The Labute approximate surface area is 116 Å². The smallest absolute Gasteiger partial charge is 0.0344 e. The third-order valence-corrected chi connectivity index (χ3v) is 3.46. The number of hydrogen-bond acceptors (Lipinski definition) is 1. The Morgan fingerprint density at radius 3 is 2.42 bits per heavy atom. The van der Waals surface area contributed by atoms with Crippen molar-refractivity contribution in [3.8, 4) is 0 Å². The van der Waals surface area contributed by atoms with E-state index in [4.69, 9.17) is 0 Å². The largest absolute Gasteiger partial charge is 0.383 e. The normalized spacial score (nSPS) is 12.1. The average Bonchev–Trinajstić information content (AvgIpc) is 2.46. The molecule has 0 bridgehead atoms. The van der Waals surface area contributed by atoms with Crippen molar-refractivity contribution in [1.29, 1.82) is 0 Å². The molecule has 1 heteroatoms. The highest BCUT2D eigenvalue weighted by Crippen LogP contribution is 2.14. The summed E-state index contributed by atoms with van der Waals surface area (Å²) >= 11 is 0. The zero-order chi connectivity index (χ0) is 13.5. The van der Waals surface area contributed by atoms with Crippen LogP contribution >= 0.6 is 0 Å². The van der Waals surface area contributed by atoms with Gasteiger partial charge in [0.25, 0.3) is 0 Å². The highest BCUT2D eigenvalue weighted by Gasteiger charge is 2.03. The molecular formula is C18H23N. The highest BCUT2D eigenvalue weighted by molar-refractivity contribution is 5.46. The molecule has 2 rings (SSSR count). The summed E-state index contributed by atoms with van der Waals surface area (Å²) in [4.78, 5) is 0. The molecule has 1 N–H and O–H groups in total. The van der Waals surface area contributed by atoms with Crippen LogP contribution in [0.2, 0.25) is 0 Å². The van der Waals surface area contributed by atoms with Gasteiger partial charge in [0.15, 0.2) is 0 Å². The lowest BCUT2D eigenvalue weighted by atomic mass is 10.1. The summed E-state index contributed by atoms with van der Waals surface area (Å²) in [7, 11) is 0. The molecule has 0 aliphatic heterocycles. The van der Waals surface area contributed by atoms with Gasteiger partial charge in [0.1, 0.15) is 0 Å². The SMILES string of the molecule is CCc1cccc(NC(C)CCc2ccccc2)c1. The molecule has 2 aromatic carbocycles. The van der Waals surface area contributed by atoms with Gasteiger partial charge in [0.05, 0.1) is 0 Å². The molecule has 1 atom stereocenters. The second-order valence-electron chi connectivity index (χ2n) is 5.12. The summed E-state index contributed by atoms with van der Waals surface area (Å²) < 4.78 is 0. The van der Waals surface area contributed by atoms with Gasteiger partial charge >= 0.3 is 0 Å². The van der Waals surface area contributed by atoms with Crippen LogP contribution in [0.4, 0.5) is 5.69 Å². The molecule has 0 aliphatic carbocycles. The summed E-state index contributed by atoms with van der Waals surface area (Å²) in [5, 5.41) is 3.59. The molecule has 0 heterocycles. The number of rotatable bonds is 6. The predicted molar refractivity (Wildman–Crippen MR) is 83.7 cm³/mol. The monoisotopic (exact) mass is 253 g/mol. The van der Waals surface area contributed by atoms with E-state index in [0.717, 1.165) is 19.3 Å². The van der Waals surface area contributed by atoms with Crippen LogP contribution in [-0.4, -0.2) is 6.04 Å². The fourth-order valence-corrected chi connectivity index (χ4v) is 2.27. The van der Waals surface area contributed by atoms with Crippen molar-refractivity contribution in [3.05, 3.63) is 65.7 Å². The van der Waals surface area contributed by atoms with Crippen LogP contribution < -0.4 is 5.32 Å². The van der Waals surface area contributed by atoms with Crippen LogP contribution in [0.25, 0.3) is 0 Å². The molecule has 1 nitrogen and oxygen atoms in total. The van der Waals surface area contributed by atoms with Crippen LogP contribution in [0, 0.1) is 0 Å². The summed E-state index contributed by atoms with van der Waals surface area (Å²) in [6.45, 7) is 4.44. The lowest BCUT2D eigenvalue weighted by molar-refractivity contribution is 0.706. The van der Waals surface area contributed by atoms with Crippen molar-refractivity contribution < 1.29 is 0 Å². The van der Waals surface area contributed by atoms with Crippen LogP contribution in [0.3, 0.4) is 0 Å². The molecule has 1 unspecified atom stereocenters. The van der Waals surface area contributed by atoms with Gasteiger partial charge in [-0.05, 0) is 49.4 Å². The van der Waals surface area contributed by atoms with E-state index >= 15 is 0 Å². The minimum Gasteiger partial charge on any atom is -0.383 e. The van der Waals surface area contributed by atoms with Crippen molar-refractivity contribution in [2.24, 2.45) is 0 Å². The molecular weight excluding hydrogens is 230 g/mol. The van der Waals surface area contributed by atoms with Gasteiger partial charge in [0.2, 0.25) is 0 Å². The number of aryl methyl sites for hydroxylation is 2. The standard InChI is InChI=1S/C18H23N/c1-3-16-10-7-11-18(14-16)19-15(2)12-13-17-8-5-4-6-9-17/h4-11,14-15,19H,3,12-13H2,1-2H3. The molecule has 0 saturated carbocycles. The lowest BCUT2D eigenvalue weighted by Gasteiger charge is -2.16. The Balaban J connectivity index is 1.85. The maximum absolute atomic E-state index is 3.59. The van der Waals surface area contributed by atoms with E-state index in [2.05, 4.69) is 73.8 Å². The van der Waals surface area contributed by atoms with E-state index in [1.807, 2.05) is 0 Å². The Kier molecular flexibility index (Phi) is 5.02. The van der Waals surface area contributed by atoms with E-state index in [9.17, 15) is 0 Å². The molecule has 0 aliphatic rings. The van der Waals surface area contributed by atoms with Gasteiger partial charge in [-0.1, -0.05) is 49.4 Å². The van der Waals surface area contributed by atoms with Crippen LogP contribution in [0.15, 0.2) is 54.6 Å². The number of anilines is 1. The predicted octanol–water partition coefficient (Wildman–Crippen LogP) is 4.68. The Bertz CT molecular complexity index is 490. The maximum Gasteiger partial charge on any atom is 0.0344 e. The Hall–Kier alpha value is -1.76. The third-order valence-electron chi connectivity index (χ3n) is 3.46. The van der Waals surface area contributed by atoms with E-state index in [1.165, 1.54) is 16.8 Å². The van der Waals surface area contributed by atoms with Gasteiger partial charge in [0, 0.05) is 11.7 Å². The molecule has 0 radical (unpaired) electrons. The van der Waals surface area contributed by atoms with E-state index in [0.29, 0.717) is 6.04 Å². The van der Waals surface area contributed by atoms with Gasteiger partial charge < -0.3 is 5.32 Å². The fourth-order valence-electron chi connectivity index (χ4n) is 2.27. The van der Waals surface area contributed by atoms with E-state index in [1.54, 1.807) is 0 Å². The maximum atomic E-state index is 3.59. The molecule has 0 spiro atoms. The van der Waals surface area contributed by atoms with Crippen LogP contribution in [-0.2, 0) is 12.8 Å². The van der Waals surface area contributed by atoms with Crippen molar-refractivity contribution in [3.63, 3.8) is 0 Å². The summed E-state index contributed by atoms with van der Waals surface area (Å²) in [5.41, 5.74) is 4.04. The zero-order valence-corrected chi connectivity index (χ0v) is 11.9. The van der Waals surface area contributed by atoms with Crippen molar-refractivity contribution in [2.75, 3.05) is 5.32 Å². The quantitative estimate of drug-likeness (QED) is 0.788. The molecule has 19 heavy (non-hydrogen) atoms. The second-order valence-corrected chi connectivity index (χ2v) is 5.12. The zero-order valence-electron chi connectivity index (χ0n) is 11.9. The second kappa shape index (κ2) is 6.98. The Morgan fingerprint density at radius 1 is 0.947 bits per heavy atom. The van der Waals surface area contributed by atoms with Gasteiger partial charge in [-0.25, -0.2) is 0 Å². The van der Waals surface area contributed by atoms with Gasteiger partial charge in [-0.15, -0.1) is 0 Å². The molecule has 0 aromatic heterocycles. The number of nitrogens with one attached hydrogen (secondary N) is 1. The first kappa shape index (κ1) is 13.7. The first-order valence-electron chi connectivity index (χ1n) is 7.17. The number of benzene rings is 2. The van der Waals surface area contributed by atoms with E-state index in [-0.39, 0.29) is 0 Å².